The fourth-order valence-corrected chi connectivity index (χ4v) is 7.43. The van der Waals surface area contributed by atoms with Crippen molar-refractivity contribution >= 4 is 43.1 Å². The molecule has 0 saturated carbocycles. The summed E-state index contributed by atoms with van der Waals surface area (Å²) in [5.74, 6) is -1.80. The van der Waals surface area contributed by atoms with Gasteiger partial charge in [0, 0.05) is 64.4 Å². The molecular weight excluding hydrogens is 644 g/mol. The Labute approximate surface area is 307 Å². The van der Waals surface area contributed by atoms with E-state index in [9.17, 15) is 35.8 Å². The van der Waals surface area contributed by atoms with Gasteiger partial charge < -0.3 is 14.6 Å². The van der Waals surface area contributed by atoms with Gasteiger partial charge in [-0.15, -0.1) is 0 Å². The maximum absolute atomic E-state index is 13.6. The number of fused-ring (bicyclic) bond motifs is 2. The van der Waals surface area contributed by atoms with Crippen molar-refractivity contribution in [2.45, 2.75) is 51.4 Å². The van der Waals surface area contributed by atoms with Gasteiger partial charge in [0.2, 0.25) is 5.69 Å². The van der Waals surface area contributed by atoms with Gasteiger partial charge in [-0.25, -0.2) is 8.42 Å². The maximum Gasteiger partial charge on any atom is 1.00 e. The number of ketones is 1. The molecule has 3 aliphatic rings. The van der Waals surface area contributed by atoms with Crippen molar-refractivity contribution in [3.05, 3.63) is 94.4 Å². The summed E-state index contributed by atoms with van der Waals surface area (Å²) in [7, 11) is -8.56. The second-order valence-corrected chi connectivity index (χ2v) is 15.5. The minimum absolute atomic E-state index is 0. The minimum atomic E-state index is -4.41. The maximum atomic E-state index is 13.6. The molecule has 0 spiro atoms. The van der Waals surface area contributed by atoms with E-state index in [4.69, 9.17) is 0 Å². The summed E-state index contributed by atoms with van der Waals surface area (Å²) in [6.45, 7) is 8.34. The predicted octanol–water partition coefficient (Wildman–Crippen LogP) is 0.0852. The zero-order valence-corrected chi connectivity index (χ0v) is 30.8. The van der Waals surface area contributed by atoms with Crippen LogP contribution >= 0.6 is 0 Å². The van der Waals surface area contributed by atoms with E-state index in [0.717, 1.165) is 22.5 Å². The Hall–Kier alpha value is -1.94. The normalized spacial score (nSPS) is 20.4. The zero-order valence-electron chi connectivity index (χ0n) is 26.0. The van der Waals surface area contributed by atoms with Gasteiger partial charge in [-0.1, -0.05) is 56.0 Å². The number of carbonyl (C=O) groups is 1. The molecule has 13 heteroatoms. The van der Waals surface area contributed by atoms with E-state index in [1.807, 2.05) is 85.7 Å². The Morgan fingerprint density at radius 3 is 2.13 bits per heavy atom. The van der Waals surface area contributed by atoms with Crippen molar-refractivity contribution in [2.75, 3.05) is 29.5 Å². The molecule has 234 valence electrons. The first-order chi connectivity index (χ1) is 20.4. The molecule has 0 aromatic heterocycles. The molecule has 10 nitrogen and oxygen atoms in total. The summed E-state index contributed by atoms with van der Waals surface area (Å²) in [5, 5.41) is 13.6. The molecule has 2 aromatic rings. The topological polar surface area (TPSA) is 158 Å². The SMILES string of the molecule is CC1(C)C(=CC2=C([O-])C(=CC3=[N+](CCCS(=O)(=O)[O-])c4ccccc4C3(C)C)C2=O)N(CCCS(=O)(=O)O)c2ccccc21.[K+]. The van der Waals surface area contributed by atoms with Crippen LogP contribution in [-0.4, -0.2) is 66.6 Å². The number of Topliss-reactive ketones (excluding diaryl/α,β-unsaturated/α-hetero) is 1. The van der Waals surface area contributed by atoms with Crippen molar-refractivity contribution in [1.29, 1.82) is 0 Å². The van der Waals surface area contributed by atoms with Crippen molar-refractivity contribution in [3.63, 3.8) is 0 Å². The summed E-state index contributed by atoms with van der Waals surface area (Å²) in [6, 6.07) is 15.2. The average Bonchev–Trinajstić information content (AvgIpc) is 3.27. The summed E-state index contributed by atoms with van der Waals surface area (Å²) < 4.78 is 67.7. The van der Waals surface area contributed by atoms with E-state index in [-0.39, 0.29) is 88.5 Å². The van der Waals surface area contributed by atoms with Gasteiger partial charge in [-0.3, -0.25) is 9.35 Å². The van der Waals surface area contributed by atoms with Crippen LogP contribution < -0.4 is 61.4 Å². The van der Waals surface area contributed by atoms with Crippen LogP contribution in [0.5, 0.6) is 0 Å². The second-order valence-electron chi connectivity index (χ2n) is 12.4. The van der Waals surface area contributed by atoms with Gasteiger partial charge in [0.25, 0.3) is 10.1 Å². The average molecular weight is 679 g/mol. The molecule has 0 radical (unpaired) electrons. The third-order valence-corrected chi connectivity index (χ3v) is 10.3. The molecule has 45 heavy (non-hydrogen) atoms. The number of anilines is 1. The number of para-hydroxylation sites is 2. The fourth-order valence-electron chi connectivity index (χ4n) is 6.46. The molecule has 2 aliphatic heterocycles. The van der Waals surface area contributed by atoms with E-state index in [2.05, 4.69) is 0 Å². The zero-order chi connectivity index (χ0) is 32.2. The first-order valence-electron chi connectivity index (χ1n) is 14.3. The molecule has 0 saturated heterocycles. The van der Waals surface area contributed by atoms with Crippen molar-refractivity contribution < 1.29 is 91.8 Å². The monoisotopic (exact) mass is 678 g/mol. The van der Waals surface area contributed by atoms with Crippen molar-refractivity contribution in [3.8, 4) is 0 Å². The van der Waals surface area contributed by atoms with Crippen molar-refractivity contribution in [2.24, 2.45) is 0 Å². The summed E-state index contributed by atoms with van der Waals surface area (Å²) in [5.41, 5.74) is 3.75. The number of hydrogen-bond donors (Lipinski definition) is 1. The number of carbonyl (C=O) groups excluding carboxylic acids is 1. The van der Waals surface area contributed by atoms with Gasteiger partial charge in [0.1, 0.15) is 6.54 Å². The Kier molecular flexibility index (Phi) is 10.3. The summed E-state index contributed by atoms with van der Waals surface area (Å²) in [6.07, 6.45) is 3.39. The van der Waals surface area contributed by atoms with Crippen LogP contribution in [0.15, 0.2) is 83.3 Å². The van der Waals surface area contributed by atoms with Crippen LogP contribution in [-0.2, 0) is 35.9 Å². The second kappa shape index (κ2) is 12.9. The van der Waals surface area contributed by atoms with Gasteiger partial charge in [-0.05, 0) is 38.0 Å². The fraction of sp³-hybridized carbons (Fsp3) is 0.375. The van der Waals surface area contributed by atoms with Gasteiger partial charge >= 0.3 is 51.4 Å². The third-order valence-electron chi connectivity index (χ3n) is 8.70. The Balaban J connectivity index is 0.00000461. The number of benzene rings is 2. The van der Waals surface area contributed by atoms with Crippen LogP contribution in [0.25, 0.3) is 0 Å². The molecule has 0 atom stereocenters. The van der Waals surface area contributed by atoms with E-state index < -0.39 is 54.1 Å². The first kappa shape index (κ1) is 35.9. The number of rotatable bonds is 10. The van der Waals surface area contributed by atoms with E-state index in [1.54, 1.807) is 12.2 Å². The summed E-state index contributed by atoms with van der Waals surface area (Å²) >= 11 is 0. The molecule has 1 aliphatic carbocycles. The first-order valence-corrected chi connectivity index (χ1v) is 17.5. The largest absolute Gasteiger partial charge is 1.00 e. The molecule has 2 aromatic carbocycles. The van der Waals surface area contributed by atoms with Crippen LogP contribution in [0.3, 0.4) is 0 Å². The number of hydrogen-bond acceptors (Lipinski definition) is 8. The van der Waals surface area contributed by atoms with E-state index >= 15 is 0 Å². The van der Waals surface area contributed by atoms with Crippen LogP contribution in [0, 0.1) is 0 Å². The van der Waals surface area contributed by atoms with Gasteiger partial charge in [0.05, 0.1) is 21.3 Å². The number of nitrogens with zero attached hydrogens (tertiary/aromatic N) is 2. The molecule has 5 rings (SSSR count). The molecule has 0 amide bonds. The molecular formula is C32H35KN2O8S2. The van der Waals surface area contributed by atoms with Crippen LogP contribution in [0.4, 0.5) is 11.4 Å². The van der Waals surface area contributed by atoms with Gasteiger partial charge in [0.15, 0.2) is 11.5 Å². The predicted molar refractivity (Wildman–Crippen MR) is 164 cm³/mol. The van der Waals surface area contributed by atoms with Gasteiger partial charge in [-0.2, -0.15) is 13.0 Å². The molecule has 1 N–H and O–H groups in total. The number of allylic oxidation sites excluding steroid dienone is 5. The van der Waals surface area contributed by atoms with E-state index in [1.165, 1.54) is 0 Å². The smallest absolute Gasteiger partial charge is 0.871 e. The summed E-state index contributed by atoms with van der Waals surface area (Å²) in [4.78, 5) is 15.5. The Morgan fingerprint density at radius 1 is 0.889 bits per heavy atom. The van der Waals surface area contributed by atoms with Crippen molar-refractivity contribution in [1.82, 2.24) is 0 Å². The Morgan fingerprint density at radius 2 is 1.51 bits per heavy atom. The minimum Gasteiger partial charge on any atom is -0.871 e. The molecule has 0 fully saturated rings. The standard InChI is InChI=1S/C32H36N2O8S2.K/c1-31(2)23-11-5-7-13-25(23)33(15-9-17-43(37,38)39)27(31)19-21-29(35)22(30(21)36)20-28-32(3,4)24-12-6-8-14-26(24)34(28)16-10-18-44(40,41)42;/h5-8,11-14,19-20H,9-10,15-18H2,1-4H3,(H2-,35,36,37,38,39,40,41,42);/q;+1/p-1. The third kappa shape index (κ3) is 7.02. The molecule has 0 bridgehead atoms. The molecule has 0 unspecified atom stereocenters. The van der Waals surface area contributed by atoms with Crippen LogP contribution in [0.2, 0.25) is 0 Å². The van der Waals surface area contributed by atoms with E-state index in [0.29, 0.717) is 11.4 Å². The molecule has 2 heterocycles. The Bertz CT molecular complexity index is 1910. The van der Waals surface area contributed by atoms with Crippen LogP contribution in [0.1, 0.15) is 51.7 Å². The quantitative estimate of drug-likeness (QED) is 0.159.